The molecule has 2 N–H and O–H groups in total. The largest absolute Gasteiger partial charge is 1.00 e. The first kappa shape index (κ1) is 39.0. The summed E-state index contributed by atoms with van der Waals surface area (Å²) in [4.78, 5) is 51.3. The van der Waals surface area contributed by atoms with Gasteiger partial charge in [0.2, 0.25) is 11.7 Å². The van der Waals surface area contributed by atoms with Crippen molar-refractivity contribution in [1.82, 2.24) is 4.90 Å². The number of carbonyl (C=O) groups is 4. The summed E-state index contributed by atoms with van der Waals surface area (Å²) >= 11 is 0. The van der Waals surface area contributed by atoms with E-state index in [-0.39, 0.29) is 97.1 Å². The number of hydrogen-bond acceptors (Lipinski definition) is 10. The molecule has 4 aliphatic rings. The van der Waals surface area contributed by atoms with Crippen LogP contribution < -0.4 is 29.6 Å². The first-order chi connectivity index (χ1) is 20.9. The number of ketones is 2. The molecule has 0 bridgehead atoms. The molecule has 0 unspecified atom stereocenters. The summed E-state index contributed by atoms with van der Waals surface area (Å²) in [5, 5.41) is 23.4. The monoisotopic (exact) mass is 673 g/mol. The molecule has 0 aromatic carbocycles. The molecule has 0 aromatic heterocycles. The average molecular weight is 674 g/mol. The molecule has 4 aliphatic carbocycles. The number of nitrogens with zero attached hydrogens (tertiary/aromatic N) is 1. The fourth-order valence-electron chi connectivity index (χ4n) is 9.01. The van der Waals surface area contributed by atoms with E-state index in [2.05, 4.69) is 13.8 Å². The van der Waals surface area contributed by atoms with Crippen molar-refractivity contribution in [3.63, 3.8) is 0 Å². The zero-order chi connectivity index (χ0) is 33.4. The Morgan fingerprint density at radius 3 is 2.43 bits per heavy atom. The molecule has 3 fully saturated rings. The first-order valence-corrected chi connectivity index (χ1v) is 17.7. The van der Waals surface area contributed by atoms with E-state index in [1.807, 2.05) is 13.0 Å². The molecule has 0 saturated heterocycles. The molecule has 4 rings (SSSR count). The Morgan fingerprint density at radius 1 is 1.13 bits per heavy atom. The molecule has 0 aromatic rings. The van der Waals surface area contributed by atoms with Crippen LogP contribution in [-0.2, 0) is 34.0 Å². The maximum Gasteiger partial charge on any atom is 1.00 e. The van der Waals surface area contributed by atoms with Crippen LogP contribution in [0.2, 0.25) is 0 Å². The third-order valence-electron chi connectivity index (χ3n) is 11.4. The van der Waals surface area contributed by atoms with Crippen molar-refractivity contribution in [2.24, 2.45) is 34.5 Å². The van der Waals surface area contributed by atoms with E-state index >= 15 is 0 Å². The van der Waals surface area contributed by atoms with Crippen LogP contribution in [-0.4, -0.2) is 89.2 Å². The number of unbranched alkanes of at least 4 members (excludes halogenated alkanes) is 3. The molecular weight excluding hydrogens is 625 g/mol. The topological polar surface area (TPSA) is 178 Å². The number of aliphatic hydroxyl groups excluding tert-OH is 1. The van der Waals surface area contributed by atoms with Gasteiger partial charge in [-0.25, -0.2) is 8.42 Å². The molecular formula is C33H48NNaO10S. The van der Waals surface area contributed by atoms with Gasteiger partial charge < -0.3 is 24.4 Å². The fourth-order valence-corrected chi connectivity index (χ4v) is 9.51. The van der Waals surface area contributed by atoms with Crippen LogP contribution in [0.3, 0.4) is 0 Å². The molecule has 11 nitrogen and oxygen atoms in total. The fraction of sp³-hybridized carbons (Fsp3) is 0.758. The van der Waals surface area contributed by atoms with Crippen molar-refractivity contribution >= 4 is 33.6 Å². The molecule has 1 amide bonds. The minimum absolute atomic E-state index is 0. The van der Waals surface area contributed by atoms with Crippen LogP contribution >= 0.6 is 0 Å². The smallest absolute Gasteiger partial charge is 0.748 e. The average Bonchev–Trinajstić information content (AvgIpc) is 3.23. The van der Waals surface area contributed by atoms with Crippen molar-refractivity contribution in [1.29, 1.82) is 0 Å². The summed E-state index contributed by atoms with van der Waals surface area (Å²) in [6, 6.07) is 0. The van der Waals surface area contributed by atoms with Crippen LogP contribution in [0.25, 0.3) is 0 Å². The number of hydrogen-bond donors (Lipinski definition) is 2. The van der Waals surface area contributed by atoms with Gasteiger partial charge in [-0.3, -0.25) is 19.2 Å². The maximum atomic E-state index is 13.5. The van der Waals surface area contributed by atoms with E-state index in [9.17, 15) is 42.4 Å². The predicted molar refractivity (Wildman–Crippen MR) is 163 cm³/mol. The molecule has 0 radical (unpaired) electrons. The van der Waals surface area contributed by atoms with E-state index in [4.69, 9.17) is 4.74 Å². The van der Waals surface area contributed by atoms with Crippen molar-refractivity contribution in [2.75, 3.05) is 26.0 Å². The van der Waals surface area contributed by atoms with Gasteiger partial charge in [0.05, 0.1) is 22.0 Å². The molecule has 46 heavy (non-hydrogen) atoms. The molecule has 0 heterocycles. The normalized spacial score (nSPS) is 34.8. The number of carbonyl (C=O) groups excluding carboxylic acids is 4. The van der Waals surface area contributed by atoms with E-state index in [1.165, 1.54) is 11.9 Å². The van der Waals surface area contributed by atoms with Crippen molar-refractivity contribution in [2.45, 2.75) is 96.7 Å². The Morgan fingerprint density at radius 2 is 1.78 bits per heavy atom. The molecule has 13 heteroatoms. The number of esters is 1. The Bertz CT molecular complexity index is 1360. The Kier molecular flexibility index (Phi) is 12.7. The zero-order valence-corrected chi connectivity index (χ0v) is 30.6. The second-order valence-corrected chi connectivity index (χ2v) is 15.7. The summed E-state index contributed by atoms with van der Waals surface area (Å²) in [7, 11) is -2.93. The number of allylic oxidation sites excluding steroid dienone is 4. The molecule has 8 atom stereocenters. The summed E-state index contributed by atoms with van der Waals surface area (Å²) < 4.78 is 37.5. The number of aliphatic hydroxyl groups is 2. The standard InChI is InChI=1S/C33H49NO10S.Na/c1-21-17-23-24-12-14-33(40,32(24,3)19-26(36)30(23)31(2)13-11-22(35)18-25(21)31)27(37)20-44-29(39)10-8-6-5-7-9-28(38)34(4)15-16-45(41,42)43;/h11,13,18,21,23-24,26,30,36,40H,5-10,12,14-17,19-20H2,1-4H3,(H,41,42,43);/q;+1/p-1/t21-,23-,24-,26-,30+,31-,32-,33-;/m0./s1. The minimum atomic E-state index is -4.38. The van der Waals surface area contributed by atoms with E-state index < -0.39 is 56.8 Å². The van der Waals surface area contributed by atoms with Crippen molar-refractivity contribution < 1.29 is 76.7 Å². The van der Waals surface area contributed by atoms with Gasteiger partial charge in [-0.15, -0.1) is 0 Å². The van der Waals surface area contributed by atoms with Gasteiger partial charge in [0.25, 0.3) is 0 Å². The second kappa shape index (κ2) is 15.0. The van der Waals surface area contributed by atoms with Crippen molar-refractivity contribution in [3.05, 3.63) is 23.8 Å². The number of amides is 1. The summed E-state index contributed by atoms with van der Waals surface area (Å²) in [6.07, 6.45) is 8.97. The Hall–Kier alpha value is -1.41. The second-order valence-electron chi connectivity index (χ2n) is 14.2. The molecule has 0 spiro atoms. The maximum absolute atomic E-state index is 13.5. The molecule has 3 saturated carbocycles. The summed E-state index contributed by atoms with van der Waals surface area (Å²) in [6.45, 7) is 5.39. The number of ether oxygens (including phenoxy) is 1. The number of fused-ring (bicyclic) bond motifs is 5. The number of Topliss-reactive ketones (excluding diaryl/α,β-unsaturated/α-hetero) is 1. The molecule has 252 valence electrons. The first-order valence-electron chi connectivity index (χ1n) is 16.1. The van der Waals surface area contributed by atoms with Gasteiger partial charge in [-0.1, -0.05) is 45.3 Å². The molecule has 0 aliphatic heterocycles. The SMILES string of the molecule is C[C@H]1C[C@@H]2[C@H]([C@@H](O)C[C@@]3(C)[C@H]2CC[C@]3(O)C(=O)COC(=O)CCCCCCC(=O)N(C)CCS(=O)(=O)[O-])[C@@]2(C)C=CC(=O)C=C12.[Na+]. The van der Waals surface area contributed by atoms with Gasteiger partial charge in [0.1, 0.15) is 5.60 Å². The van der Waals surface area contributed by atoms with Crippen LogP contribution in [0.4, 0.5) is 0 Å². The van der Waals surface area contributed by atoms with Crippen LogP contribution in [0.1, 0.15) is 85.0 Å². The van der Waals surface area contributed by atoms with E-state index in [0.29, 0.717) is 32.1 Å². The van der Waals surface area contributed by atoms with Crippen molar-refractivity contribution in [3.8, 4) is 0 Å². The third kappa shape index (κ3) is 7.90. The number of rotatable bonds is 13. The Labute approximate surface area is 294 Å². The predicted octanol–water partition coefficient (Wildman–Crippen LogP) is -0.297. The van der Waals surface area contributed by atoms with Gasteiger partial charge in [-0.2, -0.15) is 0 Å². The van der Waals surface area contributed by atoms with Gasteiger partial charge in [0.15, 0.2) is 12.4 Å². The van der Waals surface area contributed by atoms with Crippen LogP contribution in [0.5, 0.6) is 0 Å². The van der Waals surface area contributed by atoms with E-state index in [0.717, 1.165) is 12.0 Å². The van der Waals surface area contributed by atoms with Gasteiger partial charge in [-0.05, 0) is 68.4 Å². The van der Waals surface area contributed by atoms with Crippen LogP contribution in [0.15, 0.2) is 23.8 Å². The quantitative estimate of drug-likeness (QED) is 0.114. The third-order valence-corrected chi connectivity index (χ3v) is 12.1. The van der Waals surface area contributed by atoms with Crippen LogP contribution in [0, 0.1) is 34.5 Å². The minimum Gasteiger partial charge on any atom is -0.748 e. The summed E-state index contributed by atoms with van der Waals surface area (Å²) in [5.41, 5.74) is -2.02. The van der Waals surface area contributed by atoms with Gasteiger partial charge in [0, 0.05) is 43.2 Å². The van der Waals surface area contributed by atoms with E-state index in [1.54, 1.807) is 12.2 Å². The Balaban J connectivity index is 0.00000576. The zero-order valence-electron chi connectivity index (χ0n) is 27.8. The van der Waals surface area contributed by atoms with Gasteiger partial charge >= 0.3 is 35.5 Å². The summed E-state index contributed by atoms with van der Waals surface area (Å²) in [5.74, 6) is -1.95.